The third-order valence-electron chi connectivity index (χ3n) is 10.8. The lowest BCUT2D eigenvalue weighted by Crippen LogP contribution is -2.65. The van der Waals surface area contributed by atoms with E-state index in [0.29, 0.717) is 30.1 Å². The van der Waals surface area contributed by atoms with Crippen molar-refractivity contribution in [2.45, 2.75) is 104 Å². The molecule has 30 heavy (non-hydrogen) atoms. The third-order valence-corrected chi connectivity index (χ3v) is 10.8. The van der Waals surface area contributed by atoms with E-state index in [4.69, 9.17) is 5.26 Å². The normalized spacial score (nSPS) is 53.9. The third kappa shape index (κ3) is 3.18. The zero-order chi connectivity index (χ0) is 21.8. The lowest BCUT2D eigenvalue weighted by atomic mass is 9.40. The molecule has 0 heterocycles. The number of rotatable bonds is 4. The molecule has 3 N–H and O–H groups in total. The first-order chi connectivity index (χ1) is 14.2. The predicted molar refractivity (Wildman–Crippen MR) is 117 cm³/mol. The number of aliphatic hydroxyl groups is 3. The second-order valence-electron chi connectivity index (χ2n) is 11.9. The Morgan fingerprint density at radius 1 is 1.07 bits per heavy atom. The summed E-state index contributed by atoms with van der Waals surface area (Å²) in [5, 5.41) is 42.8. The quantitative estimate of drug-likeness (QED) is 0.625. The molecule has 0 spiro atoms. The number of nitriles is 1. The van der Waals surface area contributed by atoms with Crippen molar-refractivity contribution in [1.29, 1.82) is 5.26 Å². The first kappa shape index (κ1) is 22.6. The summed E-state index contributed by atoms with van der Waals surface area (Å²) in [5.74, 6) is 2.28. The van der Waals surface area contributed by atoms with Crippen LogP contribution in [-0.4, -0.2) is 33.6 Å². The number of fused-ring (bicyclic) bond motifs is 5. The van der Waals surface area contributed by atoms with Crippen LogP contribution in [0, 0.1) is 63.6 Å². The molecule has 5 unspecified atom stereocenters. The van der Waals surface area contributed by atoms with Gasteiger partial charge in [-0.15, -0.1) is 0 Å². The Labute approximate surface area is 183 Å². The Bertz CT molecular complexity index is 676. The summed E-state index contributed by atoms with van der Waals surface area (Å²) < 4.78 is 0. The fourth-order valence-corrected chi connectivity index (χ4v) is 9.54. The summed E-state index contributed by atoms with van der Waals surface area (Å²) >= 11 is 0. The van der Waals surface area contributed by atoms with Gasteiger partial charge in [0.1, 0.15) is 0 Å². The van der Waals surface area contributed by atoms with Crippen molar-refractivity contribution in [2.75, 3.05) is 0 Å². The lowest BCUT2D eigenvalue weighted by Gasteiger charge is -2.66. The highest BCUT2D eigenvalue weighted by atomic mass is 16.3. The van der Waals surface area contributed by atoms with Crippen molar-refractivity contribution in [3.05, 3.63) is 0 Å². The van der Waals surface area contributed by atoms with Crippen molar-refractivity contribution in [3.8, 4) is 6.07 Å². The smallest absolute Gasteiger partial charge is 0.0621 e. The minimum atomic E-state index is -0.379. The van der Waals surface area contributed by atoms with Gasteiger partial charge in [0.25, 0.3) is 0 Å². The van der Waals surface area contributed by atoms with Crippen molar-refractivity contribution in [1.82, 2.24) is 0 Å². The van der Waals surface area contributed by atoms with Gasteiger partial charge in [0, 0.05) is 6.42 Å². The molecule has 4 nitrogen and oxygen atoms in total. The van der Waals surface area contributed by atoms with E-state index in [-0.39, 0.29) is 46.9 Å². The maximum Gasteiger partial charge on any atom is 0.0621 e. The molecular weight excluding hydrogens is 376 g/mol. The highest BCUT2D eigenvalue weighted by molar-refractivity contribution is 5.15. The van der Waals surface area contributed by atoms with Crippen molar-refractivity contribution >= 4 is 0 Å². The maximum atomic E-state index is 11.7. The molecule has 4 fully saturated rings. The average Bonchev–Trinajstić information content (AvgIpc) is 3.04. The van der Waals surface area contributed by atoms with E-state index >= 15 is 0 Å². The Morgan fingerprint density at radius 2 is 1.80 bits per heavy atom. The molecule has 170 valence electrons. The van der Waals surface area contributed by atoms with E-state index in [9.17, 15) is 15.3 Å². The summed E-state index contributed by atoms with van der Waals surface area (Å²) in [4.78, 5) is 0. The van der Waals surface area contributed by atoms with Crippen LogP contribution in [0.15, 0.2) is 0 Å². The molecule has 4 rings (SSSR count). The van der Waals surface area contributed by atoms with E-state index in [0.717, 1.165) is 51.4 Å². The van der Waals surface area contributed by atoms with E-state index in [1.165, 1.54) is 0 Å². The van der Waals surface area contributed by atoms with Gasteiger partial charge < -0.3 is 15.3 Å². The van der Waals surface area contributed by atoms with E-state index < -0.39 is 0 Å². The Hall–Kier alpha value is -0.630. The number of hydrogen-bond acceptors (Lipinski definition) is 4. The van der Waals surface area contributed by atoms with Crippen LogP contribution < -0.4 is 0 Å². The van der Waals surface area contributed by atoms with Crippen LogP contribution in [-0.2, 0) is 0 Å². The number of hydrogen-bond donors (Lipinski definition) is 3. The molecule has 0 aliphatic heterocycles. The minimum Gasteiger partial charge on any atom is -0.393 e. The summed E-state index contributed by atoms with van der Waals surface area (Å²) in [7, 11) is 0. The van der Waals surface area contributed by atoms with Gasteiger partial charge in [-0.25, -0.2) is 0 Å². The second kappa shape index (κ2) is 8.05. The van der Waals surface area contributed by atoms with Gasteiger partial charge in [0.15, 0.2) is 0 Å². The molecule has 4 heteroatoms. The molecule has 0 aromatic heterocycles. The predicted octanol–water partition coefficient (Wildman–Crippen LogP) is 4.52. The van der Waals surface area contributed by atoms with Crippen molar-refractivity contribution in [3.63, 3.8) is 0 Å². The first-order valence-electron chi connectivity index (χ1n) is 12.6. The van der Waals surface area contributed by atoms with Gasteiger partial charge >= 0.3 is 0 Å². The van der Waals surface area contributed by atoms with Crippen LogP contribution in [0.2, 0.25) is 0 Å². The van der Waals surface area contributed by atoms with E-state index in [2.05, 4.69) is 33.8 Å². The van der Waals surface area contributed by atoms with Crippen LogP contribution in [0.3, 0.4) is 0 Å². The van der Waals surface area contributed by atoms with Gasteiger partial charge in [-0.1, -0.05) is 34.1 Å². The van der Waals surface area contributed by atoms with Crippen molar-refractivity contribution < 1.29 is 15.3 Å². The molecule has 0 bridgehead atoms. The molecule has 0 amide bonds. The largest absolute Gasteiger partial charge is 0.393 e. The number of aliphatic hydroxyl groups excluding tert-OH is 3. The molecule has 0 saturated heterocycles. The van der Waals surface area contributed by atoms with Gasteiger partial charge in [-0.05, 0) is 97.2 Å². The molecule has 0 radical (unpaired) electrons. The van der Waals surface area contributed by atoms with Crippen LogP contribution >= 0.6 is 0 Å². The standard InChI is InChI=1S/C26H43NO3/c1-5-17-20-13-16(28)10-11-25(20,3)23-21(29)14-26(4)18(15(2)7-6-12-27)8-9-19(26)22(23)24(17)30/h15-24,28-30H,5-11,13-14H2,1-4H3/t15-,16-,17-,18-,19?,20+,21?,22?,23?,24?,25+,26-/m1/s1/i12+2. The maximum absolute atomic E-state index is 11.7. The summed E-state index contributed by atoms with van der Waals surface area (Å²) in [6.45, 7) is 9.23. The van der Waals surface area contributed by atoms with Crippen LogP contribution in [0.5, 0.6) is 0 Å². The zero-order valence-electron chi connectivity index (χ0n) is 19.4. The molecule has 4 saturated carbocycles. The zero-order valence-corrected chi connectivity index (χ0v) is 19.4. The monoisotopic (exact) mass is 419 g/mol. The molecule has 0 aromatic carbocycles. The highest BCUT2D eigenvalue weighted by Crippen LogP contribution is 2.69. The Morgan fingerprint density at radius 3 is 2.47 bits per heavy atom. The second-order valence-corrected chi connectivity index (χ2v) is 11.9. The van der Waals surface area contributed by atoms with E-state index in [1.54, 1.807) is 0 Å². The van der Waals surface area contributed by atoms with Gasteiger partial charge in [-0.3, -0.25) is 0 Å². The molecule has 4 aliphatic carbocycles. The molecule has 12 atom stereocenters. The van der Waals surface area contributed by atoms with Crippen molar-refractivity contribution in [2.24, 2.45) is 52.3 Å². The van der Waals surface area contributed by atoms with Crippen LogP contribution in [0.4, 0.5) is 0 Å². The fraction of sp³-hybridized carbons (Fsp3) is 0.962. The molecule has 0 aromatic rings. The topological polar surface area (TPSA) is 84.5 Å². The van der Waals surface area contributed by atoms with Gasteiger partial charge in [0.2, 0.25) is 0 Å². The Kier molecular flexibility index (Phi) is 6.06. The number of nitrogens with zero attached hydrogens (tertiary/aromatic N) is 1. The Balaban J connectivity index is 1.69. The van der Waals surface area contributed by atoms with Crippen LogP contribution in [0.1, 0.15) is 85.5 Å². The van der Waals surface area contributed by atoms with Gasteiger partial charge in [0.05, 0.1) is 24.4 Å². The summed E-state index contributed by atoms with van der Waals surface area (Å²) in [6.07, 6.45) is 7.16. The summed E-state index contributed by atoms with van der Waals surface area (Å²) in [5.41, 5.74) is 0.0567. The van der Waals surface area contributed by atoms with Crippen LogP contribution in [0.25, 0.3) is 0 Å². The van der Waals surface area contributed by atoms with E-state index in [1.807, 2.05) is 0 Å². The minimum absolute atomic E-state index is 0.00899. The summed E-state index contributed by atoms with van der Waals surface area (Å²) in [6, 6.07) is 2.31. The highest BCUT2D eigenvalue weighted by Gasteiger charge is 2.67. The average molecular weight is 420 g/mol. The van der Waals surface area contributed by atoms with Gasteiger partial charge in [-0.2, -0.15) is 5.26 Å². The lowest BCUT2D eigenvalue weighted by molar-refractivity contribution is -0.235. The fourth-order valence-electron chi connectivity index (χ4n) is 9.54. The molecule has 4 aliphatic rings. The first-order valence-corrected chi connectivity index (χ1v) is 12.6. The SMILES string of the molecule is CC[C@H]1C(O)C2C3CC[C@H]([C@H](C)CC[14C]#N)[C@@]3(C)CC(O)C2[C@@]2(C)CC[C@@H](O)C[C@@H]12. The molecular formula is C26H43NO3.